The fourth-order valence-electron chi connectivity index (χ4n) is 2.34. The molecule has 0 amide bonds. The molecule has 0 saturated carbocycles. The van der Waals surface area contributed by atoms with E-state index in [0.29, 0.717) is 0 Å². The minimum Gasteiger partial charge on any atom is -0.481 e. The molecule has 1 N–H and O–H groups in total. The Morgan fingerprint density at radius 3 is 2.42 bits per heavy atom. The monoisotopic (exact) mass is 252 g/mol. The molecule has 0 aliphatic heterocycles. The normalized spacial score (nSPS) is 11.0. The number of pyridine rings is 2. The van der Waals surface area contributed by atoms with E-state index < -0.39 is 5.97 Å². The number of rotatable bonds is 2. The zero-order valence-electron chi connectivity index (χ0n) is 10.4. The maximum atomic E-state index is 10.9. The lowest BCUT2D eigenvalue weighted by Crippen LogP contribution is -2.01. The Morgan fingerprint density at radius 2 is 1.68 bits per heavy atom. The van der Waals surface area contributed by atoms with Gasteiger partial charge in [-0.2, -0.15) is 0 Å². The smallest absolute Gasteiger partial charge is 0.307 e. The van der Waals surface area contributed by atoms with Gasteiger partial charge in [-0.25, -0.2) is 0 Å². The van der Waals surface area contributed by atoms with Crippen molar-refractivity contribution in [2.24, 2.45) is 0 Å². The van der Waals surface area contributed by atoms with Gasteiger partial charge in [-0.1, -0.05) is 12.1 Å². The molecule has 3 aromatic rings. The molecule has 0 saturated heterocycles. The van der Waals surface area contributed by atoms with E-state index in [2.05, 4.69) is 9.97 Å². The molecule has 4 heteroatoms. The van der Waals surface area contributed by atoms with E-state index in [4.69, 9.17) is 5.11 Å². The summed E-state index contributed by atoms with van der Waals surface area (Å²) < 4.78 is 0. The van der Waals surface area contributed by atoms with Gasteiger partial charge in [-0.15, -0.1) is 0 Å². The Balaban J connectivity index is 2.38. The molecule has 3 rings (SSSR count). The molecule has 2 aromatic heterocycles. The summed E-state index contributed by atoms with van der Waals surface area (Å²) in [5, 5.41) is 10.9. The third kappa shape index (κ3) is 1.91. The second-order valence-corrected chi connectivity index (χ2v) is 4.53. The van der Waals surface area contributed by atoms with Crippen molar-refractivity contribution in [3.05, 3.63) is 47.8 Å². The number of carboxylic acid groups (broad SMARTS) is 1. The predicted molar refractivity (Wildman–Crippen MR) is 73.1 cm³/mol. The Morgan fingerprint density at radius 1 is 1.05 bits per heavy atom. The number of aliphatic carboxylic acids is 1. The highest BCUT2D eigenvalue weighted by molar-refractivity contribution is 6.05. The molecule has 0 unspecified atom stereocenters. The summed E-state index contributed by atoms with van der Waals surface area (Å²) in [5.74, 6) is -0.843. The SMILES string of the molecule is Cc1ccnc2c1ccc1c(CC(=O)O)ccnc12. The quantitative estimate of drug-likeness (QED) is 0.712. The maximum absolute atomic E-state index is 10.9. The predicted octanol–water partition coefficient (Wildman–Crippen LogP) is 2.72. The first-order chi connectivity index (χ1) is 9.16. The number of hydrogen-bond acceptors (Lipinski definition) is 3. The second-order valence-electron chi connectivity index (χ2n) is 4.53. The number of aromatic nitrogens is 2. The molecule has 2 heterocycles. The molecule has 0 aliphatic rings. The molecule has 0 atom stereocenters. The van der Waals surface area contributed by atoms with Crippen LogP contribution in [-0.4, -0.2) is 21.0 Å². The minimum absolute atomic E-state index is 0.00363. The van der Waals surface area contributed by atoms with Crippen LogP contribution in [0.3, 0.4) is 0 Å². The van der Waals surface area contributed by atoms with E-state index in [-0.39, 0.29) is 6.42 Å². The van der Waals surface area contributed by atoms with E-state index in [1.165, 1.54) is 0 Å². The molecule has 0 radical (unpaired) electrons. The molecule has 0 aliphatic carbocycles. The Bertz CT molecular complexity index is 797. The van der Waals surface area contributed by atoms with Gasteiger partial charge in [-0.05, 0) is 30.2 Å². The maximum Gasteiger partial charge on any atom is 0.307 e. The molecule has 19 heavy (non-hydrogen) atoms. The second kappa shape index (κ2) is 4.31. The molecule has 4 nitrogen and oxygen atoms in total. The zero-order chi connectivity index (χ0) is 13.4. The first kappa shape index (κ1) is 11.6. The van der Waals surface area contributed by atoms with Gasteiger partial charge < -0.3 is 5.11 Å². The zero-order valence-corrected chi connectivity index (χ0v) is 10.4. The standard InChI is InChI=1S/C15H12N2O2/c1-9-4-6-16-14-11(9)2-3-12-10(8-13(18)19)5-7-17-15(12)14/h2-7H,8H2,1H3,(H,18,19). The number of hydrogen-bond donors (Lipinski definition) is 1. The summed E-state index contributed by atoms with van der Waals surface area (Å²) in [6.45, 7) is 2.02. The van der Waals surface area contributed by atoms with E-state index in [9.17, 15) is 4.79 Å². The summed E-state index contributed by atoms with van der Waals surface area (Å²) in [6.07, 6.45) is 3.39. The Hall–Kier alpha value is -2.49. The van der Waals surface area contributed by atoms with E-state index in [1.54, 1.807) is 18.5 Å². The summed E-state index contributed by atoms with van der Waals surface area (Å²) in [4.78, 5) is 19.6. The van der Waals surface area contributed by atoms with Crippen LogP contribution in [0.2, 0.25) is 0 Å². The average molecular weight is 252 g/mol. The van der Waals surface area contributed by atoms with E-state index >= 15 is 0 Å². The average Bonchev–Trinajstić information content (AvgIpc) is 2.38. The first-order valence-corrected chi connectivity index (χ1v) is 6.00. The van der Waals surface area contributed by atoms with Crippen LogP contribution in [0.5, 0.6) is 0 Å². The number of benzene rings is 1. The molecule has 1 aromatic carbocycles. The van der Waals surface area contributed by atoms with Gasteiger partial charge >= 0.3 is 5.97 Å². The van der Waals surface area contributed by atoms with Crippen LogP contribution in [0.1, 0.15) is 11.1 Å². The topological polar surface area (TPSA) is 63.1 Å². The summed E-state index contributed by atoms with van der Waals surface area (Å²) >= 11 is 0. The summed E-state index contributed by atoms with van der Waals surface area (Å²) in [6, 6.07) is 7.61. The molecule has 0 spiro atoms. The third-order valence-electron chi connectivity index (χ3n) is 3.27. The van der Waals surface area contributed by atoms with Crippen molar-refractivity contribution in [3.63, 3.8) is 0 Å². The molecule has 94 valence electrons. The van der Waals surface area contributed by atoms with Crippen molar-refractivity contribution in [1.82, 2.24) is 9.97 Å². The van der Waals surface area contributed by atoms with Crippen LogP contribution in [0.25, 0.3) is 21.8 Å². The number of nitrogens with zero attached hydrogens (tertiary/aromatic N) is 2. The fraction of sp³-hybridized carbons (Fsp3) is 0.133. The highest BCUT2D eigenvalue weighted by atomic mass is 16.4. The van der Waals surface area contributed by atoms with Crippen molar-refractivity contribution in [2.75, 3.05) is 0 Å². The molecular weight excluding hydrogens is 240 g/mol. The lowest BCUT2D eigenvalue weighted by atomic mass is 10.0. The van der Waals surface area contributed by atoms with Crippen molar-refractivity contribution >= 4 is 27.8 Å². The van der Waals surface area contributed by atoms with Crippen LogP contribution in [0, 0.1) is 6.92 Å². The fourth-order valence-corrected chi connectivity index (χ4v) is 2.34. The Labute approximate surface area is 109 Å². The van der Waals surface area contributed by atoms with Crippen molar-refractivity contribution < 1.29 is 9.90 Å². The lowest BCUT2D eigenvalue weighted by molar-refractivity contribution is -0.136. The van der Waals surface area contributed by atoms with Gasteiger partial charge in [0.15, 0.2) is 0 Å². The van der Waals surface area contributed by atoms with Gasteiger partial charge in [-0.3, -0.25) is 14.8 Å². The van der Waals surface area contributed by atoms with Crippen LogP contribution in [0.4, 0.5) is 0 Å². The van der Waals surface area contributed by atoms with Crippen LogP contribution in [-0.2, 0) is 11.2 Å². The number of carbonyl (C=O) groups is 1. The van der Waals surface area contributed by atoms with Crippen LogP contribution >= 0.6 is 0 Å². The van der Waals surface area contributed by atoms with Crippen molar-refractivity contribution in [3.8, 4) is 0 Å². The molecule has 0 fully saturated rings. The van der Waals surface area contributed by atoms with Gasteiger partial charge in [0.2, 0.25) is 0 Å². The van der Waals surface area contributed by atoms with E-state index in [1.807, 2.05) is 25.1 Å². The first-order valence-electron chi connectivity index (χ1n) is 6.00. The van der Waals surface area contributed by atoms with Crippen LogP contribution < -0.4 is 0 Å². The highest BCUT2D eigenvalue weighted by Crippen LogP contribution is 2.26. The van der Waals surface area contributed by atoms with Gasteiger partial charge in [0.1, 0.15) is 0 Å². The third-order valence-corrected chi connectivity index (χ3v) is 3.27. The van der Waals surface area contributed by atoms with Gasteiger partial charge in [0.25, 0.3) is 0 Å². The summed E-state index contributed by atoms with van der Waals surface area (Å²) in [5.41, 5.74) is 3.49. The van der Waals surface area contributed by atoms with Gasteiger partial charge in [0.05, 0.1) is 17.5 Å². The minimum atomic E-state index is -0.843. The van der Waals surface area contributed by atoms with Crippen LogP contribution in [0.15, 0.2) is 36.7 Å². The molecular formula is C15H12N2O2. The number of carboxylic acids is 1. The number of aryl methyl sites for hydroxylation is 1. The Kier molecular flexibility index (Phi) is 2.63. The highest BCUT2D eigenvalue weighted by Gasteiger charge is 2.10. The lowest BCUT2D eigenvalue weighted by Gasteiger charge is -2.07. The van der Waals surface area contributed by atoms with E-state index in [0.717, 1.165) is 32.9 Å². The van der Waals surface area contributed by atoms with Gasteiger partial charge in [0, 0.05) is 23.2 Å². The summed E-state index contributed by atoms with van der Waals surface area (Å²) in [7, 11) is 0. The molecule has 0 bridgehead atoms. The number of fused-ring (bicyclic) bond motifs is 3. The largest absolute Gasteiger partial charge is 0.481 e. The van der Waals surface area contributed by atoms with Crippen molar-refractivity contribution in [1.29, 1.82) is 0 Å². The van der Waals surface area contributed by atoms with Crippen molar-refractivity contribution in [2.45, 2.75) is 13.3 Å².